The van der Waals surface area contributed by atoms with Gasteiger partial charge in [0, 0.05) is 12.1 Å². The van der Waals surface area contributed by atoms with Gasteiger partial charge in [-0.3, -0.25) is 14.4 Å². The van der Waals surface area contributed by atoms with E-state index in [1.54, 1.807) is 18.2 Å². The summed E-state index contributed by atoms with van der Waals surface area (Å²) in [5, 5.41) is 8.68. The third-order valence-corrected chi connectivity index (χ3v) is 2.86. The Kier molecular flexibility index (Phi) is 3.50. The van der Waals surface area contributed by atoms with Crippen LogP contribution in [0.3, 0.4) is 0 Å². The van der Waals surface area contributed by atoms with Crippen molar-refractivity contribution in [2.75, 3.05) is 18.1 Å². The van der Waals surface area contributed by atoms with Crippen LogP contribution in [0.15, 0.2) is 18.2 Å². The van der Waals surface area contributed by atoms with E-state index in [0.717, 1.165) is 0 Å². The summed E-state index contributed by atoms with van der Waals surface area (Å²) in [5.41, 5.74) is 0.994. The van der Waals surface area contributed by atoms with E-state index in [1.807, 2.05) is 0 Å². The van der Waals surface area contributed by atoms with E-state index in [4.69, 9.17) is 9.84 Å². The molecule has 1 aromatic rings. The van der Waals surface area contributed by atoms with Gasteiger partial charge in [-0.05, 0) is 25.1 Å². The number of hydrogen-bond donors (Lipinski definition) is 1. The molecule has 0 atom stereocenters. The summed E-state index contributed by atoms with van der Waals surface area (Å²) in [6.45, 7) is 1.38. The molecular weight excluding hydrogens is 250 g/mol. The Morgan fingerprint density at radius 1 is 1.42 bits per heavy atom. The van der Waals surface area contributed by atoms with E-state index in [-0.39, 0.29) is 31.3 Å². The van der Waals surface area contributed by atoms with Crippen LogP contribution in [0.5, 0.6) is 5.75 Å². The Morgan fingerprint density at radius 2 is 2.16 bits per heavy atom. The number of fused-ring (bicyclic) bond motifs is 1. The Balaban J connectivity index is 2.31. The number of carboxylic acid groups (broad SMARTS) is 1. The number of hydrogen-bond acceptors (Lipinski definition) is 4. The van der Waals surface area contributed by atoms with E-state index >= 15 is 0 Å². The Morgan fingerprint density at radius 3 is 2.79 bits per heavy atom. The highest BCUT2D eigenvalue weighted by Crippen LogP contribution is 2.33. The first kappa shape index (κ1) is 13.1. The van der Waals surface area contributed by atoms with Gasteiger partial charge >= 0.3 is 5.97 Å². The van der Waals surface area contributed by atoms with Crippen LogP contribution in [0.1, 0.15) is 23.7 Å². The van der Waals surface area contributed by atoms with E-state index < -0.39 is 5.97 Å². The van der Waals surface area contributed by atoms with Gasteiger partial charge in [0.25, 0.3) is 5.91 Å². The number of anilines is 1. The molecule has 0 aromatic heterocycles. The van der Waals surface area contributed by atoms with Gasteiger partial charge in [0.2, 0.25) is 0 Å². The van der Waals surface area contributed by atoms with Crippen LogP contribution in [0.2, 0.25) is 0 Å². The fourth-order valence-electron chi connectivity index (χ4n) is 1.88. The average molecular weight is 263 g/mol. The van der Waals surface area contributed by atoms with Crippen molar-refractivity contribution < 1.29 is 24.2 Å². The van der Waals surface area contributed by atoms with Gasteiger partial charge in [-0.2, -0.15) is 0 Å². The largest absolute Gasteiger partial charge is 0.482 e. The molecule has 1 aliphatic rings. The molecule has 2 rings (SSSR count). The summed E-state index contributed by atoms with van der Waals surface area (Å²) in [7, 11) is 0. The summed E-state index contributed by atoms with van der Waals surface area (Å²) in [6, 6.07) is 4.76. The molecule has 0 radical (unpaired) electrons. The number of ketones is 1. The molecule has 0 fully saturated rings. The lowest BCUT2D eigenvalue weighted by Gasteiger charge is -2.29. The van der Waals surface area contributed by atoms with Crippen molar-refractivity contribution in [1.82, 2.24) is 0 Å². The average Bonchev–Trinajstić information content (AvgIpc) is 2.36. The minimum Gasteiger partial charge on any atom is -0.482 e. The number of carbonyl (C=O) groups is 3. The Labute approximate surface area is 109 Å². The van der Waals surface area contributed by atoms with Crippen molar-refractivity contribution in [2.45, 2.75) is 13.3 Å². The van der Waals surface area contributed by atoms with Crippen molar-refractivity contribution >= 4 is 23.3 Å². The fraction of sp³-hybridized carbons (Fsp3) is 0.308. The van der Waals surface area contributed by atoms with Crippen LogP contribution >= 0.6 is 0 Å². The fourth-order valence-corrected chi connectivity index (χ4v) is 1.88. The summed E-state index contributed by atoms with van der Waals surface area (Å²) < 4.78 is 5.27. The molecule has 0 unspecified atom stereocenters. The molecule has 1 aromatic carbocycles. The second kappa shape index (κ2) is 5.09. The monoisotopic (exact) mass is 263 g/mol. The number of rotatable bonds is 4. The molecular formula is C13H13NO5. The predicted molar refractivity (Wildman–Crippen MR) is 66.5 cm³/mol. The lowest BCUT2D eigenvalue weighted by molar-refractivity contribution is -0.136. The zero-order valence-electron chi connectivity index (χ0n) is 10.4. The number of aliphatic carboxylic acids is 1. The van der Waals surface area contributed by atoms with Crippen LogP contribution in [-0.2, 0) is 9.59 Å². The lowest BCUT2D eigenvalue weighted by Crippen LogP contribution is -2.40. The number of Topliss-reactive ketones (excluding diaryl/α,β-unsaturated/α-hetero) is 1. The molecule has 0 spiro atoms. The van der Waals surface area contributed by atoms with Crippen molar-refractivity contribution in [3.63, 3.8) is 0 Å². The minimum absolute atomic E-state index is 0.0872. The molecule has 1 amide bonds. The normalized spacial score (nSPS) is 13.7. The zero-order chi connectivity index (χ0) is 14.0. The summed E-state index contributed by atoms with van der Waals surface area (Å²) >= 11 is 0. The summed E-state index contributed by atoms with van der Waals surface area (Å²) in [6.07, 6.45) is -0.139. The standard InChI is InChI=1S/C13H13NO5/c1-8(15)9-2-3-10-11(6-9)19-7-12(16)14(10)5-4-13(17)18/h2-3,6H,4-5,7H2,1H3,(H,17,18). The van der Waals surface area contributed by atoms with Crippen molar-refractivity contribution in [2.24, 2.45) is 0 Å². The van der Waals surface area contributed by atoms with Crippen molar-refractivity contribution in [3.05, 3.63) is 23.8 Å². The van der Waals surface area contributed by atoms with Gasteiger partial charge in [-0.1, -0.05) is 0 Å². The number of carboxylic acids is 1. The zero-order valence-corrected chi connectivity index (χ0v) is 10.4. The molecule has 0 saturated carbocycles. The predicted octanol–water partition coefficient (Wildman–Crippen LogP) is 1.09. The highest BCUT2D eigenvalue weighted by molar-refractivity contribution is 6.00. The molecule has 100 valence electrons. The maximum atomic E-state index is 11.7. The maximum absolute atomic E-state index is 11.7. The number of nitrogens with zero attached hydrogens (tertiary/aromatic N) is 1. The third kappa shape index (κ3) is 2.73. The van der Waals surface area contributed by atoms with Gasteiger partial charge in [-0.15, -0.1) is 0 Å². The van der Waals surface area contributed by atoms with Crippen LogP contribution in [-0.4, -0.2) is 35.9 Å². The van der Waals surface area contributed by atoms with Gasteiger partial charge in [0.05, 0.1) is 12.1 Å². The van der Waals surface area contributed by atoms with Crippen molar-refractivity contribution in [1.29, 1.82) is 0 Å². The molecule has 0 bridgehead atoms. The van der Waals surface area contributed by atoms with Crippen molar-refractivity contribution in [3.8, 4) is 5.75 Å². The summed E-state index contributed by atoms with van der Waals surface area (Å²) in [5.74, 6) is -0.927. The lowest BCUT2D eigenvalue weighted by atomic mass is 10.1. The number of ether oxygens (including phenoxy) is 1. The summed E-state index contributed by atoms with van der Waals surface area (Å²) in [4.78, 5) is 35.0. The first-order chi connectivity index (χ1) is 8.99. The quantitative estimate of drug-likeness (QED) is 0.822. The van der Waals surface area contributed by atoms with Gasteiger partial charge < -0.3 is 14.7 Å². The highest BCUT2D eigenvalue weighted by Gasteiger charge is 2.26. The first-order valence-electron chi connectivity index (χ1n) is 5.79. The Bertz CT molecular complexity index is 552. The van der Waals surface area contributed by atoms with Gasteiger partial charge in [-0.25, -0.2) is 0 Å². The number of benzene rings is 1. The first-order valence-corrected chi connectivity index (χ1v) is 5.79. The third-order valence-electron chi connectivity index (χ3n) is 2.86. The molecule has 1 N–H and O–H groups in total. The number of amides is 1. The molecule has 1 heterocycles. The van der Waals surface area contributed by atoms with Crippen LogP contribution in [0.25, 0.3) is 0 Å². The molecule has 19 heavy (non-hydrogen) atoms. The number of carbonyl (C=O) groups excluding carboxylic acids is 2. The second-order valence-corrected chi connectivity index (χ2v) is 4.22. The molecule has 1 aliphatic heterocycles. The maximum Gasteiger partial charge on any atom is 0.305 e. The topological polar surface area (TPSA) is 83.9 Å². The van der Waals surface area contributed by atoms with E-state index in [1.165, 1.54) is 11.8 Å². The molecule has 0 aliphatic carbocycles. The van der Waals surface area contributed by atoms with Gasteiger partial charge in [0.15, 0.2) is 12.4 Å². The van der Waals surface area contributed by atoms with Crippen LogP contribution in [0.4, 0.5) is 5.69 Å². The van der Waals surface area contributed by atoms with Crippen LogP contribution in [0, 0.1) is 0 Å². The van der Waals surface area contributed by atoms with E-state index in [0.29, 0.717) is 17.0 Å². The Hall–Kier alpha value is -2.37. The highest BCUT2D eigenvalue weighted by atomic mass is 16.5. The SMILES string of the molecule is CC(=O)c1ccc2c(c1)OCC(=O)N2CCC(=O)O. The van der Waals surface area contributed by atoms with E-state index in [9.17, 15) is 14.4 Å². The minimum atomic E-state index is -0.971. The van der Waals surface area contributed by atoms with Crippen LogP contribution < -0.4 is 9.64 Å². The molecule has 6 nitrogen and oxygen atoms in total. The smallest absolute Gasteiger partial charge is 0.305 e. The van der Waals surface area contributed by atoms with Gasteiger partial charge in [0.1, 0.15) is 5.75 Å². The molecule has 6 heteroatoms. The second-order valence-electron chi connectivity index (χ2n) is 4.22. The molecule has 0 saturated heterocycles. The van der Waals surface area contributed by atoms with E-state index in [2.05, 4.69) is 0 Å².